The Labute approximate surface area is 465 Å². The van der Waals surface area contributed by atoms with Gasteiger partial charge in [-0.05, 0) is 94.4 Å². The average molecular weight is 1110 g/mol. The second-order valence-electron chi connectivity index (χ2n) is 16.9. The minimum absolute atomic E-state index is 0. The van der Waals surface area contributed by atoms with Gasteiger partial charge in [-0.25, -0.2) is 35.1 Å². The van der Waals surface area contributed by atoms with Gasteiger partial charge in [-0.2, -0.15) is 46.2 Å². The number of carbonyl (C=O) groups is 4. The van der Waals surface area contributed by atoms with Crippen LogP contribution in [-0.4, -0.2) is 46.5 Å². The average Bonchev–Trinajstić information content (AvgIpc) is 4.19. The standard InChI is InChI=1S/C36H30N2O4S4.2C7H8.2C5H5.2Co/c1-3-5-11-37-33(39)19-9-7-17-28-22(26(46)16-44)14-24-30-20(34(40)38(36(24)42)12-6-4-2)10-8-18(32(28)30)27-21(25(45)15-43)13-23(35(37)41)29(19)31(17)27;2*1-7-5-3-2-4-6-7;2*1-2-4-5-3-1;;/h7-10,13-16,43-46H,3-6,11-12H2,1-2H3;2*2-6H,1H3;2*1-5H;;/q;;;2*-1;2*+3/p-4/b25-15-,26-16-;;;;;;. The molecule has 2 aliphatic rings. The van der Waals surface area contributed by atoms with Crippen molar-refractivity contribution in [3.05, 3.63) is 213 Å². The van der Waals surface area contributed by atoms with Crippen LogP contribution in [0.2, 0.25) is 0 Å². The van der Waals surface area contributed by atoms with Crippen molar-refractivity contribution in [1.29, 1.82) is 0 Å². The number of carbonyl (C=O) groups excluding carboxylic acids is 4. The number of fused-ring (bicyclic) bond motifs is 2. The Bertz CT molecular complexity index is 3080. The van der Waals surface area contributed by atoms with Crippen LogP contribution >= 0.6 is 0 Å². The molecule has 2 heterocycles. The van der Waals surface area contributed by atoms with Crippen molar-refractivity contribution in [3.63, 3.8) is 0 Å². The zero-order valence-corrected chi connectivity index (χ0v) is 45.6. The molecule has 0 unspecified atom stereocenters. The van der Waals surface area contributed by atoms with E-state index in [-0.39, 0.29) is 57.2 Å². The predicted octanol–water partition coefficient (Wildman–Crippen LogP) is 14.1. The molecular weight excluding hydrogens is 1060 g/mol. The maximum atomic E-state index is 14.0. The smallest absolute Gasteiger partial charge is 0.789 e. The van der Waals surface area contributed by atoms with E-state index in [1.165, 1.54) is 31.7 Å². The summed E-state index contributed by atoms with van der Waals surface area (Å²) in [4.78, 5) is 59.0. The quantitative estimate of drug-likeness (QED) is 0.0490. The summed E-state index contributed by atoms with van der Waals surface area (Å²) >= 11 is 22.2. The summed E-state index contributed by atoms with van der Waals surface area (Å²) in [6.45, 7) is 8.80. The monoisotopic (exact) mass is 1110 g/mol. The number of aryl methyl sites for hydroxylation is 2. The molecule has 9 aromatic rings. The zero-order chi connectivity index (χ0) is 49.9. The second kappa shape index (κ2) is 26.8. The molecule has 11 rings (SSSR count). The molecule has 12 heteroatoms. The topological polar surface area (TPSA) is 74.8 Å². The predicted molar refractivity (Wildman–Crippen MR) is 300 cm³/mol. The Kier molecular flexibility index (Phi) is 21.2. The van der Waals surface area contributed by atoms with Gasteiger partial charge in [-0.15, -0.1) is 0 Å². The largest absolute Gasteiger partial charge is 3.00 e. The van der Waals surface area contributed by atoms with E-state index < -0.39 is 0 Å². The molecule has 0 spiro atoms. The van der Waals surface area contributed by atoms with E-state index in [4.69, 9.17) is 50.5 Å². The second-order valence-corrected chi connectivity index (χ2v) is 18.3. The molecule has 0 N–H and O–H groups in total. The van der Waals surface area contributed by atoms with E-state index >= 15 is 0 Å². The van der Waals surface area contributed by atoms with Crippen LogP contribution < -0.4 is 0 Å². The number of hydrogen-bond acceptors (Lipinski definition) is 8. The molecule has 0 radical (unpaired) electrons. The zero-order valence-electron chi connectivity index (χ0n) is 40.2. The van der Waals surface area contributed by atoms with Gasteiger partial charge in [0.15, 0.2) is 0 Å². The van der Waals surface area contributed by atoms with Crippen LogP contribution in [0.4, 0.5) is 0 Å². The molecule has 0 saturated carbocycles. The summed E-state index contributed by atoms with van der Waals surface area (Å²) < 4.78 is 0. The normalized spacial score (nSPS) is 12.7. The third-order valence-electron chi connectivity index (χ3n) is 12.2. The molecular formula is C60H52Co2N2O4S4. The van der Waals surface area contributed by atoms with Gasteiger partial charge in [0, 0.05) is 46.1 Å². The van der Waals surface area contributed by atoms with Crippen LogP contribution in [0.15, 0.2) is 169 Å². The number of rotatable bonds is 8. The van der Waals surface area contributed by atoms with E-state index in [1.807, 2.05) is 123 Å². The van der Waals surface area contributed by atoms with Crippen LogP contribution in [-0.2, 0) is 84.1 Å². The summed E-state index contributed by atoms with van der Waals surface area (Å²) in [6, 6.07) is 51.3. The summed E-state index contributed by atoms with van der Waals surface area (Å²) in [5.41, 5.74) is 5.41. The third kappa shape index (κ3) is 12.0. The third-order valence-corrected chi connectivity index (χ3v) is 13.7. The number of imide groups is 2. The Morgan fingerprint density at radius 1 is 0.458 bits per heavy atom. The van der Waals surface area contributed by atoms with Crippen molar-refractivity contribution in [2.45, 2.75) is 53.4 Å². The van der Waals surface area contributed by atoms with E-state index in [1.54, 1.807) is 24.3 Å². The van der Waals surface area contributed by atoms with E-state index in [9.17, 15) is 19.2 Å². The Morgan fingerprint density at radius 2 is 0.792 bits per heavy atom. The van der Waals surface area contributed by atoms with E-state index in [0.29, 0.717) is 112 Å². The van der Waals surface area contributed by atoms with Crippen molar-refractivity contribution in [2.75, 3.05) is 13.1 Å². The van der Waals surface area contributed by atoms with Gasteiger partial charge in [0.2, 0.25) is 0 Å². The maximum absolute atomic E-state index is 14.0. The van der Waals surface area contributed by atoms with Gasteiger partial charge in [-0.3, -0.25) is 29.0 Å². The van der Waals surface area contributed by atoms with Crippen molar-refractivity contribution in [3.8, 4) is 0 Å². The van der Waals surface area contributed by atoms with E-state index in [2.05, 4.69) is 38.1 Å². The molecule has 9 aromatic carbocycles. The van der Waals surface area contributed by atoms with Crippen LogP contribution in [0.1, 0.15) is 103 Å². The molecule has 0 saturated heterocycles. The van der Waals surface area contributed by atoms with Gasteiger partial charge in [0.1, 0.15) is 0 Å². The Morgan fingerprint density at radius 3 is 1.06 bits per heavy atom. The van der Waals surface area contributed by atoms with Gasteiger partial charge in [-0.1, -0.05) is 111 Å². The number of amides is 4. The molecule has 0 aromatic heterocycles. The molecule has 6 nitrogen and oxygen atoms in total. The molecule has 4 amide bonds. The minimum atomic E-state index is -0.378. The summed E-state index contributed by atoms with van der Waals surface area (Å²) in [7, 11) is 0. The first-order valence-electron chi connectivity index (χ1n) is 23.3. The molecule has 0 fully saturated rings. The first kappa shape index (κ1) is 57.1. The summed E-state index contributed by atoms with van der Waals surface area (Å²) in [5, 5.41) is 8.10. The van der Waals surface area contributed by atoms with Gasteiger partial charge in [0.25, 0.3) is 23.6 Å². The van der Waals surface area contributed by atoms with Crippen molar-refractivity contribution >= 4 is 127 Å². The van der Waals surface area contributed by atoms with Crippen molar-refractivity contribution in [1.82, 2.24) is 9.80 Å². The van der Waals surface area contributed by atoms with Gasteiger partial charge < -0.3 is 50.5 Å². The number of benzene rings is 7. The number of hydrogen-bond donors (Lipinski definition) is 0. The fraction of sp³-hybridized carbons (Fsp3) is 0.167. The Balaban J connectivity index is 0.000000300. The molecule has 0 atom stereocenters. The minimum Gasteiger partial charge on any atom is -0.789 e. The van der Waals surface area contributed by atoms with Crippen LogP contribution in [0.5, 0.6) is 0 Å². The van der Waals surface area contributed by atoms with Crippen LogP contribution in [0, 0.1) is 13.8 Å². The molecule has 72 heavy (non-hydrogen) atoms. The first-order valence-corrected chi connectivity index (χ1v) is 25.1. The molecule has 0 aliphatic carbocycles. The first-order chi connectivity index (χ1) is 34.0. The van der Waals surface area contributed by atoms with Crippen molar-refractivity contribution < 1.29 is 52.7 Å². The van der Waals surface area contributed by atoms with Gasteiger partial charge >= 0.3 is 33.6 Å². The molecule has 0 bridgehead atoms. The number of nitrogens with zero attached hydrogens (tertiary/aromatic N) is 2. The summed E-state index contributed by atoms with van der Waals surface area (Å²) in [6.07, 6.45) is 3.02. The van der Waals surface area contributed by atoms with Crippen LogP contribution in [0.3, 0.4) is 0 Å². The maximum Gasteiger partial charge on any atom is 3.00 e. The van der Waals surface area contributed by atoms with Gasteiger partial charge in [0.05, 0.1) is 0 Å². The fourth-order valence-electron chi connectivity index (χ4n) is 8.83. The van der Waals surface area contributed by atoms with Crippen molar-refractivity contribution in [2.24, 2.45) is 0 Å². The SMILES string of the molecule is CCCCN1C(=O)c2ccc3c4c(/C([S-])=C/[S-])cc5c6c(ccc(c7c(/C([S-])=C/[S-])cc(c2c37)C1=O)c64)C(=O)N(CCCC)C5=O.Cc1ccccc1.Cc1ccccc1.[Co+3].[Co+3].c1cc[cH-]c1.c1cc[cH-]c1. The number of unbranched alkanes of at least 4 members (excludes halogenated alkanes) is 2. The van der Waals surface area contributed by atoms with Crippen LogP contribution in [0.25, 0.3) is 52.9 Å². The Hall–Kier alpha value is -5.81. The molecule has 2 aliphatic heterocycles. The molecule has 368 valence electrons. The van der Waals surface area contributed by atoms with E-state index in [0.717, 1.165) is 12.8 Å². The summed E-state index contributed by atoms with van der Waals surface area (Å²) in [5.74, 6) is -1.44. The fourth-order valence-corrected chi connectivity index (χ4v) is 9.41.